The number of anilines is 1. The van der Waals surface area contributed by atoms with Crippen molar-refractivity contribution in [3.05, 3.63) is 89.0 Å². The van der Waals surface area contributed by atoms with Crippen molar-refractivity contribution in [2.45, 2.75) is 6.92 Å². The minimum atomic E-state index is -0.485. The molecule has 0 radical (unpaired) electrons. The average molecular weight is 380 g/mol. The van der Waals surface area contributed by atoms with Gasteiger partial charge in [-0.05, 0) is 48.9 Å². The number of carbonyl (C=O) groups is 1. The molecule has 0 saturated carbocycles. The Morgan fingerprint density at radius 3 is 2.78 bits per heavy atom. The molecule has 6 heteroatoms. The van der Waals surface area contributed by atoms with Crippen LogP contribution < -0.4 is 5.32 Å². The van der Waals surface area contributed by atoms with E-state index >= 15 is 0 Å². The van der Waals surface area contributed by atoms with E-state index in [9.17, 15) is 9.18 Å². The Morgan fingerprint density at radius 1 is 1.15 bits per heavy atom. The third-order valence-electron chi connectivity index (χ3n) is 4.32. The van der Waals surface area contributed by atoms with Crippen LogP contribution in [-0.2, 0) is 0 Å². The van der Waals surface area contributed by atoms with Gasteiger partial charge in [0.15, 0.2) is 0 Å². The molecule has 2 aromatic carbocycles. The summed E-state index contributed by atoms with van der Waals surface area (Å²) in [6.45, 7) is 1.90. The molecule has 0 saturated heterocycles. The van der Waals surface area contributed by atoms with Gasteiger partial charge < -0.3 is 9.72 Å². The van der Waals surface area contributed by atoms with Crippen LogP contribution in [0.15, 0.2) is 67.0 Å². The van der Waals surface area contributed by atoms with E-state index in [0.29, 0.717) is 5.69 Å². The topological polar surface area (TPSA) is 46.4 Å². The van der Waals surface area contributed by atoms with Gasteiger partial charge in [0.2, 0.25) is 0 Å². The molecule has 4 rings (SSSR count). The van der Waals surface area contributed by atoms with Gasteiger partial charge in [-0.15, -0.1) is 0 Å². The molecule has 4 aromatic rings. The van der Waals surface area contributed by atoms with Crippen LogP contribution in [0.2, 0.25) is 5.02 Å². The largest absolute Gasteiger partial charge is 0.322 e. The first-order valence-electron chi connectivity index (χ1n) is 8.32. The fourth-order valence-corrected chi connectivity index (χ4v) is 3.11. The van der Waals surface area contributed by atoms with Crippen LogP contribution in [0.5, 0.6) is 0 Å². The lowest BCUT2D eigenvalue weighted by atomic mass is 10.1. The standard InChI is InChI=1S/C21H15ClFN3O/c1-13-5-6-14(19-12-26-9-3-2-4-20(26)24-19)10-18(13)25-21(27)16-8-7-15(23)11-17(16)22/h2-12H,1H3,(H,25,27). The Balaban J connectivity index is 1.67. The van der Waals surface area contributed by atoms with Gasteiger partial charge in [-0.2, -0.15) is 0 Å². The molecule has 1 amide bonds. The molecule has 4 nitrogen and oxygen atoms in total. The monoisotopic (exact) mass is 379 g/mol. The Hall–Kier alpha value is -3.18. The van der Waals surface area contributed by atoms with Crippen molar-refractivity contribution in [1.29, 1.82) is 0 Å². The molecule has 0 fully saturated rings. The predicted molar refractivity (Wildman–Crippen MR) is 105 cm³/mol. The Kier molecular flexibility index (Phi) is 4.38. The molecule has 27 heavy (non-hydrogen) atoms. The number of hydrogen-bond donors (Lipinski definition) is 1. The number of halogens is 2. The van der Waals surface area contributed by atoms with Crippen LogP contribution in [0.25, 0.3) is 16.9 Å². The zero-order valence-electron chi connectivity index (χ0n) is 14.4. The third kappa shape index (κ3) is 3.41. The molecular weight excluding hydrogens is 365 g/mol. The minimum absolute atomic E-state index is 0.0710. The molecule has 0 bridgehead atoms. The van der Waals surface area contributed by atoms with Gasteiger partial charge in [0.25, 0.3) is 5.91 Å². The number of benzene rings is 2. The molecule has 0 aliphatic carbocycles. The molecule has 0 aliphatic rings. The highest BCUT2D eigenvalue weighted by molar-refractivity contribution is 6.34. The highest BCUT2D eigenvalue weighted by atomic mass is 35.5. The molecule has 1 N–H and O–H groups in total. The molecule has 0 spiro atoms. The summed E-state index contributed by atoms with van der Waals surface area (Å²) in [6, 6.07) is 15.2. The van der Waals surface area contributed by atoms with E-state index in [4.69, 9.17) is 11.6 Å². The van der Waals surface area contributed by atoms with Crippen LogP contribution in [-0.4, -0.2) is 15.3 Å². The van der Waals surface area contributed by atoms with Crippen molar-refractivity contribution in [1.82, 2.24) is 9.38 Å². The maximum atomic E-state index is 13.2. The normalized spacial score (nSPS) is 10.9. The fraction of sp³-hybridized carbons (Fsp3) is 0.0476. The second-order valence-corrected chi connectivity index (χ2v) is 6.61. The van der Waals surface area contributed by atoms with Crippen LogP contribution in [0.1, 0.15) is 15.9 Å². The van der Waals surface area contributed by atoms with Crippen LogP contribution >= 0.6 is 11.6 Å². The van der Waals surface area contributed by atoms with E-state index in [0.717, 1.165) is 28.5 Å². The summed E-state index contributed by atoms with van der Waals surface area (Å²) in [5, 5.41) is 2.92. The number of rotatable bonds is 3. The van der Waals surface area contributed by atoms with Gasteiger partial charge in [-0.3, -0.25) is 4.79 Å². The summed E-state index contributed by atoms with van der Waals surface area (Å²) >= 11 is 5.99. The van der Waals surface area contributed by atoms with Crippen molar-refractivity contribution in [2.75, 3.05) is 5.32 Å². The van der Waals surface area contributed by atoms with E-state index in [-0.39, 0.29) is 10.6 Å². The molecule has 0 aliphatic heterocycles. The van der Waals surface area contributed by atoms with Crippen molar-refractivity contribution >= 4 is 28.8 Å². The Bertz CT molecular complexity index is 1140. The van der Waals surface area contributed by atoms with Gasteiger partial charge in [0, 0.05) is 23.6 Å². The Labute approximate surface area is 160 Å². The lowest BCUT2D eigenvalue weighted by Gasteiger charge is -2.11. The highest BCUT2D eigenvalue weighted by Crippen LogP contribution is 2.26. The van der Waals surface area contributed by atoms with Crippen molar-refractivity contribution < 1.29 is 9.18 Å². The number of amides is 1. The van der Waals surface area contributed by atoms with Crippen LogP contribution in [0.3, 0.4) is 0 Å². The molecule has 2 aromatic heterocycles. The maximum Gasteiger partial charge on any atom is 0.257 e. The number of carbonyl (C=O) groups excluding carboxylic acids is 1. The smallest absolute Gasteiger partial charge is 0.257 e. The number of hydrogen-bond acceptors (Lipinski definition) is 2. The quantitative estimate of drug-likeness (QED) is 0.521. The highest BCUT2D eigenvalue weighted by Gasteiger charge is 2.14. The van der Waals surface area contributed by atoms with Crippen LogP contribution in [0, 0.1) is 12.7 Å². The van der Waals surface area contributed by atoms with Gasteiger partial charge in [-0.1, -0.05) is 29.8 Å². The third-order valence-corrected chi connectivity index (χ3v) is 4.63. The maximum absolute atomic E-state index is 13.2. The number of fused-ring (bicyclic) bond motifs is 1. The zero-order chi connectivity index (χ0) is 19.0. The summed E-state index contributed by atoms with van der Waals surface area (Å²) in [6.07, 6.45) is 3.86. The number of nitrogens with zero attached hydrogens (tertiary/aromatic N) is 2. The van der Waals surface area contributed by atoms with E-state index in [2.05, 4.69) is 10.3 Å². The van der Waals surface area contributed by atoms with Crippen molar-refractivity contribution in [3.63, 3.8) is 0 Å². The number of imidazole rings is 1. The van der Waals surface area contributed by atoms with E-state index in [1.165, 1.54) is 12.1 Å². The number of aryl methyl sites for hydroxylation is 1. The number of aromatic nitrogens is 2. The second-order valence-electron chi connectivity index (χ2n) is 6.20. The second kappa shape index (κ2) is 6.85. The van der Waals surface area contributed by atoms with E-state index in [1.54, 1.807) is 0 Å². The molecule has 0 unspecified atom stereocenters. The first-order valence-corrected chi connectivity index (χ1v) is 8.70. The van der Waals surface area contributed by atoms with Gasteiger partial charge in [0.05, 0.1) is 16.3 Å². The average Bonchev–Trinajstić information content (AvgIpc) is 3.07. The fourth-order valence-electron chi connectivity index (χ4n) is 2.85. The summed E-state index contributed by atoms with van der Waals surface area (Å²) < 4.78 is 15.1. The van der Waals surface area contributed by atoms with Gasteiger partial charge in [-0.25, -0.2) is 9.37 Å². The molecule has 134 valence electrons. The first kappa shape index (κ1) is 17.2. The number of nitrogens with one attached hydrogen (secondary N) is 1. The van der Waals surface area contributed by atoms with E-state index < -0.39 is 11.7 Å². The van der Waals surface area contributed by atoms with Gasteiger partial charge in [0.1, 0.15) is 11.5 Å². The van der Waals surface area contributed by atoms with Crippen molar-refractivity contribution in [3.8, 4) is 11.3 Å². The Morgan fingerprint density at radius 2 is 2.00 bits per heavy atom. The summed E-state index contributed by atoms with van der Waals surface area (Å²) in [4.78, 5) is 17.2. The SMILES string of the molecule is Cc1ccc(-c2cn3ccccc3n2)cc1NC(=O)c1ccc(F)cc1Cl. The van der Waals surface area contributed by atoms with Crippen LogP contribution in [0.4, 0.5) is 10.1 Å². The zero-order valence-corrected chi connectivity index (χ0v) is 15.2. The lowest BCUT2D eigenvalue weighted by Crippen LogP contribution is -2.13. The molecular formula is C21H15ClFN3O. The lowest BCUT2D eigenvalue weighted by molar-refractivity contribution is 0.102. The minimum Gasteiger partial charge on any atom is -0.322 e. The number of pyridine rings is 1. The van der Waals surface area contributed by atoms with Gasteiger partial charge >= 0.3 is 0 Å². The predicted octanol–water partition coefficient (Wildman–Crippen LogP) is 5.35. The van der Waals surface area contributed by atoms with E-state index in [1.807, 2.05) is 60.1 Å². The summed E-state index contributed by atoms with van der Waals surface area (Å²) in [7, 11) is 0. The summed E-state index contributed by atoms with van der Waals surface area (Å²) in [5.74, 6) is -0.878. The first-order chi connectivity index (χ1) is 13.0. The summed E-state index contributed by atoms with van der Waals surface area (Å²) in [5.41, 5.74) is 4.29. The molecule has 2 heterocycles. The molecule has 0 atom stereocenters. The van der Waals surface area contributed by atoms with Crippen molar-refractivity contribution in [2.24, 2.45) is 0 Å².